The molecule has 0 aliphatic carbocycles. The van der Waals surface area contributed by atoms with Gasteiger partial charge in [-0.15, -0.1) is 0 Å². The summed E-state index contributed by atoms with van der Waals surface area (Å²) in [6, 6.07) is 3.18. The fourth-order valence-corrected chi connectivity index (χ4v) is 1.57. The largest absolute Gasteiger partial charge is 0.505 e. The second-order valence-electron chi connectivity index (χ2n) is 5.23. The molecule has 0 fully saturated rings. The van der Waals surface area contributed by atoms with Gasteiger partial charge in [0.1, 0.15) is 17.7 Å². The van der Waals surface area contributed by atoms with E-state index in [0.29, 0.717) is 5.56 Å². The van der Waals surface area contributed by atoms with E-state index in [0.717, 1.165) is 5.56 Å². The van der Waals surface area contributed by atoms with Gasteiger partial charge in [0.15, 0.2) is 0 Å². The minimum Gasteiger partial charge on any atom is -0.505 e. The van der Waals surface area contributed by atoms with Crippen LogP contribution in [-0.4, -0.2) is 17.5 Å². The predicted octanol–water partition coefficient (Wildman–Crippen LogP) is 4.26. The fraction of sp³-hybridized carbons (Fsp3) is 0.462. The van der Waals surface area contributed by atoms with Crippen LogP contribution in [0.15, 0.2) is 17.1 Å². The minimum absolute atomic E-state index is 0.0581. The molecule has 0 aliphatic heterocycles. The van der Waals surface area contributed by atoms with Crippen LogP contribution in [0, 0.1) is 6.92 Å². The minimum atomic E-state index is -4.49. The quantitative estimate of drug-likeness (QED) is 0.751. The van der Waals surface area contributed by atoms with Crippen LogP contribution in [-0.2, 0) is 5.41 Å². The first-order valence-corrected chi connectivity index (χ1v) is 5.47. The van der Waals surface area contributed by atoms with Gasteiger partial charge in [0, 0.05) is 5.56 Å². The first-order chi connectivity index (χ1) is 8.00. The standard InChI is InChI=1S/C13H16F3NO/c1-8-5-9(12(2,3)4)11(18)10(6-8)17-7-13(14,15)16/h5-7,18H,1-4H3/b17-7-. The highest BCUT2D eigenvalue weighted by molar-refractivity contribution is 5.72. The van der Waals surface area contributed by atoms with Crippen molar-refractivity contribution in [2.24, 2.45) is 4.99 Å². The molecule has 1 N–H and O–H groups in total. The van der Waals surface area contributed by atoms with Crippen LogP contribution in [0.1, 0.15) is 31.9 Å². The molecule has 0 atom stereocenters. The van der Waals surface area contributed by atoms with Crippen LogP contribution in [0.4, 0.5) is 18.9 Å². The van der Waals surface area contributed by atoms with Crippen LogP contribution in [0.2, 0.25) is 0 Å². The molecule has 0 bridgehead atoms. The fourth-order valence-electron chi connectivity index (χ4n) is 1.57. The molecule has 0 radical (unpaired) electrons. The molecule has 0 aromatic heterocycles. The molecule has 2 nitrogen and oxygen atoms in total. The summed E-state index contributed by atoms with van der Waals surface area (Å²) in [5.74, 6) is -0.200. The smallest absolute Gasteiger partial charge is 0.426 e. The van der Waals surface area contributed by atoms with Crippen molar-refractivity contribution in [3.63, 3.8) is 0 Å². The van der Waals surface area contributed by atoms with Crippen molar-refractivity contribution in [3.8, 4) is 5.75 Å². The number of nitrogens with zero attached hydrogens (tertiary/aromatic N) is 1. The number of alkyl halides is 3. The van der Waals surface area contributed by atoms with Crippen LogP contribution in [0.25, 0.3) is 0 Å². The van der Waals surface area contributed by atoms with E-state index in [-0.39, 0.29) is 23.1 Å². The van der Waals surface area contributed by atoms with Gasteiger partial charge in [-0.25, -0.2) is 4.99 Å². The second kappa shape index (κ2) is 4.63. The van der Waals surface area contributed by atoms with Crippen LogP contribution >= 0.6 is 0 Å². The van der Waals surface area contributed by atoms with Gasteiger partial charge in [0.05, 0.1) is 0 Å². The van der Waals surface area contributed by atoms with Crippen LogP contribution in [0.5, 0.6) is 5.75 Å². The Morgan fingerprint density at radius 1 is 1.17 bits per heavy atom. The molecule has 0 unspecified atom stereocenters. The Labute approximate surface area is 104 Å². The van der Waals surface area contributed by atoms with Gasteiger partial charge < -0.3 is 5.11 Å². The summed E-state index contributed by atoms with van der Waals surface area (Å²) in [6.07, 6.45) is -4.61. The van der Waals surface area contributed by atoms with Crippen molar-refractivity contribution in [1.82, 2.24) is 0 Å². The molecule has 100 valence electrons. The number of halogens is 3. The van der Waals surface area contributed by atoms with E-state index in [2.05, 4.69) is 4.99 Å². The number of benzene rings is 1. The molecule has 0 aliphatic rings. The Bertz CT molecular complexity index is 470. The lowest BCUT2D eigenvalue weighted by Crippen LogP contribution is -2.12. The van der Waals surface area contributed by atoms with E-state index >= 15 is 0 Å². The zero-order chi connectivity index (χ0) is 14.1. The molecular weight excluding hydrogens is 243 g/mol. The summed E-state index contributed by atoms with van der Waals surface area (Å²) >= 11 is 0. The molecule has 0 saturated carbocycles. The molecule has 5 heteroatoms. The molecule has 0 spiro atoms. The maximum absolute atomic E-state index is 12.1. The van der Waals surface area contributed by atoms with Crippen LogP contribution < -0.4 is 0 Å². The lowest BCUT2D eigenvalue weighted by atomic mass is 9.85. The summed E-state index contributed by atoms with van der Waals surface area (Å²) in [5.41, 5.74) is 0.916. The maximum Gasteiger partial charge on any atom is 0.426 e. The molecule has 0 heterocycles. The third kappa shape index (κ3) is 3.75. The summed E-state index contributed by atoms with van der Waals surface area (Å²) in [6.45, 7) is 7.37. The van der Waals surface area contributed by atoms with E-state index in [1.54, 1.807) is 13.0 Å². The summed E-state index contributed by atoms with van der Waals surface area (Å²) in [4.78, 5) is 3.31. The van der Waals surface area contributed by atoms with Gasteiger partial charge >= 0.3 is 6.18 Å². The van der Waals surface area contributed by atoms with Crippen molar-refractivity contribution in [1.29, 1.82) is 0 Å². The first-order valence-electron chi connectivity index (χ1n) is 5.47. The first kappa shape index (κ1) is 14.5. The average Bonchev–Trinajstić information content (AvgIpc) is 2.16. The van der Waals surface area contributed by atoms with E-state index < -0.39 is 6.18 Å². The average molecular weight is 259 g/mol. The maximum atomic E-state index is 12.1. The van der Waals surface area contributed by atoms with Crippen molar-refractivity contribution in [3.05, 3.63) is 23.3 Å². The lowest BCUT2D eigenvalue weighted by Gasteiger charge is -2.21. The van der Waals surface area contributed by atoms with Crippen molar-refractivity contribution >= 4 is 11.9 Å². The number of phenols is 1. The number of rotatable bonds is 1. The molecule has 0 amide bonds. The number of aromatic hydroxyl groups is 1. The summed E-state index contributed by atoms with van der Waals surface area (Å²) < 4.78 is 36.2. The molecule has 1 aromatic rings. The summed E-state index contributed by atoms with van der Waals surface area (Å²) in [7, 11) is 0. The number of aliphatic imine (C=N–C) groups is 1. The molecule has 18 heavy (non-hydrogen) atoms. The third-order valence-electron chi connectivity index (χ3n) is 2.39. The van der Waals surface area contributed by atoms with Gasteiger partial charge in [-0.3, -0.25) is 0 Å². The van der Waals surface area contributed by atoms with E-state index in [9.17, 15) is 18.3 Å². The van der Waals surface area contributed by atoms with Crippen molar-refractivity contribution in [2.45, 2.75) is 39.3 Å². The number of phenolic OH excluding ortho intramolecular Hbond substituents is 1. The predicted molar refractivity (Wildman–Crippen MR) is 65.8 cm³/mol. The Balaban J connectivity index is 3.31. The van der Waals surface area contributed by atoms with E-state index in [1.807, 2.05) is 20.8 Å². The SMILES string of the molecule is Cc1cc(/N=C\C(F)(F)F)c(O)c(C(C)(C)C)c1. The Morgan fingerprint density at radius 2 is 1.72 bits per heavy atom. The van der Waals surface area contributed by atoms with Gasteiger partial charge in [-0.2, -0.15) is 13.2 Å². The Hall–Kier alpha value is -1.52. The lowest BCUT2D eigenvalue weighted by molar-refractivity contribution is -0.0535. The van der Waals surface area contributed by atoms with E-state index in [4.69, 9.17) is 0 Å². The zero-order valence-electron chi connectivity index (χ0n) is 10.8. The molecular formula is C13H16F3NO. The van der Waals surface area contributed by atoms with Gasteiger partial charge in [-0.05, 0) is 24.0 Å². The molecule has 1 rings (SSSR count). The monoisotopic (exact) mass is 259 g/mol. The second-order valence-corrected chi connectivity index (χ2v) is 5.23. The van der Waals surface area contributed by atoms with Crippen molar-refractivity contribution < 1.29 is 18.3 Å². The van der Waals surface area contributed by atoms with Gasteiger partial charge in [0.25, 0.3) is 0 Å². The van der Waals surface area contributed by atoms with Gasteiger partial charge in [0.2, 0.25) is 0 Å². The Kier molecular flexibility index (Phi) is 3.74. The number of hydrogen-bond donors (Lipinski definition) is 1. The van der Waals surface area contributed by atoms with Crippen LogP contribution in [0.3, 0.4) is 0 Å². The number of hydrogen-bond acceptors (Lipinski definition) is 2. The highest BCUT2D eigenvalue weighted by Gasteiger charge is 2.25. The van der Waals surface area contributed by atoms with E-state index in [1.165, 1.54) is 6.07 Å². The van der Waals surface area contributed by atoms with Crippen molar-refractivity contribution in [2.75, 3.05) is 0 Å². The Morgan fingerprint density at radius 3 is 2.17 bits per heavy atom. The summed E-state index contributed by atoms with van der Waals surface area (Å²) in [5, 5.41) is 9.96. The topological polar surface area (TPSA) is 32.6 Å². The van der Waals surface area contributed by atoms with Gasteiger partial charge in [-0.1, -0.05) is 26.8 Å². The molecule has 0 saturated heterocycles. The normalized spacial score (nSPS) is 13.3. The molecule has 1 aromatic carbocycles. The highest BCUT2D eigenvalue weighted by Crippen LogP contribution is 2.38. The zero-order valence-corrected chi connectivity index (χ0v) is 10.8. The number of aryl methyl sites for hydroxylation is 1. The highest BCUT2D eigenvalue weighted by atomic mass is 19.4. The third-order valence-corrected chi connectivity index (χ3v) is 2.39.